The molecule has 2 saturated heterocycles. The van der Waals surface area contributed by atoms with Crippen LogP contribution in [0, 0.1) is 11.8 Å². The maximum atomic E-state index is 14.4. The van der Waals surface area contributed by atoms with Gasteiger partial charge in [0.25, 0.3) is 5.91 Å². The van der Waals surface area contributed by atoms with Crippen LogP contribution in [0.3, 0.4) is 0 Å². The number of fused-ring (bicyclic) bond motifs is 2. The molecule has 11 heteroatoms. The summed E-state index contributed by atoms with van der Waals surface area (Å²) in [5.41, 5.74) is -0.885. The number of halogens is 1. The Bertz CT molecular complexity index is 1250. The molecular formula is C30H36ClN3O7. The molecule has 0 unspecified atom stereocenters. The molecule has 4 aliphatic heterocycles. The van der Waals surface area contributed by atoms with E-state index in [0.29, 0.717) is 36.4 Å². The topological polar surface area (TPSA) is 125 Å². The van der Waals surface area contributed by atoms with Gasteiger partial charge in [-0.2, -0.15) is 0 Å². The number of nitrogens with zero attached hydrogens (tertiary/aromatic N) is 2. The molecule has 3 amide bonds. The molecule has 0 aliphatic carbocycles. The largest absolute Gasteiger partial charge is 0.460 e. The number of nitrogens with one attached hydrogen (secondary N) is 1. The maximum absolute atomic E-state index is 14.4. The highest BCUT2D eigenvalue weighted by molar-refractivity contribution is 6.34. The normalized spacial score (nSPS) is 32.7. The van der Waals surface area contributed by atoms with E-state index in [1.54, 1.807) is 60.4 Å². The summed E-state index contributed by atoms with van der Waals surface area (Å²) in [6.45, 7) is 2.36. The van der Waals surface area contributed by atoms with Crippen LogP contribution in [0.15, 0.2) is 48.6 Å². The average Bonchev–Trinajstić information content (AvgIpc) is 3.33. The Balaban J connectivity index is 1.57. The number of ether oxygens (including phenoxy) is 2. The number of aliphatic hydroxyl groups is 1. The van der Waals surface area contributed by atoms with Crippen molar-refractivity contribution in [1.82, 2.24) is 10.2 Å². The van der Waals surface area contributed by atoms with Crippen LogP contribution in [0.4, 0.5) is 5.69 Å². The molecule has 220 valence electrons. The molecule has 10 nitrogen and oxygen atoms in total. The van der Waals surface area contributed by atoms with Gasteiger partial charge in [0.15, 0.2) is 0 Å². The number of rotatable bonds is 6. The minimum atomic E-state index is -1.41. The van der Waals surface area contributed by atoms with Crippen molar-refractivity contribution in [3.05, 3.63) is 53.6 Å². The fraction of sp³-hybridized carbons (Fsp3) is 0.533. The molecule has 4 heterocycles. The molecule has 0 saturated carbocycles. The lowest BCUT2D eigenvalue weighted by Crippen LogP contribution is -2.55. The monoisotopic (exact) mass is 585 g/mol. The molecular weight excluding hydrogens is 550 g/mol. The number of anilines is 1. The Hall–Kier alpha value is -3.21. The Labute approximate surface area is 244 Å². The van der Waals surface area contributed by atoms with E-state index >= 15 is 0 Å². The molecule has 5 rings (SSSR count). The van der Waals surface area contributed by atoms with Crippen molar-refractivity contribution in [3.63, 3.8) is 0 Å². The SMILES string of the molecule is C[C@@H]1CNC(=O)CC/C=C\[C@H]2O[C@]34C=CCN(c5ccccc5Cl)C(=O)[C@H]3N(CCCCCO)C(=O)[C@@H]4[C@H]2C(=O)O1. The number of carbonyl (C=O) groups excluding carboxylic acids is 4. The number of aliphatic hydroxyl groups excluding tert-OH is 1. The van der Waals surface area contributed by atoms with Crippen LogP contribution in [0.2, 0.25) is 5.02 Å². The van der Waals surface area contributed by atoms with Gasteiger partial charge in [0, 0.05) is 26.1 Å². The van der Waals surface area contributed by atoms with E-state index in [-0.39, 0.29) is 50.4 Å². The first-order valence-corrected chi connectivity index (χ1v) is 14.6. The van der Waals surface area contributed by atoms with Gasteiger partial charge < -0.3 is 29.7 Å². The highest BCUT2D eigenvalue weighted by atomic mass is 35.5. The van der Waals surface area contributed by atoms with Gasteiger partial charge in [-0.1, -0.05) is 48.0 Å². The second-order valence-corrected chi connectivity index (χ2v) is 11.4. The molecule has 0 aromatic heterocycles. The van der Waals surface area contributed by atoms with Crippen molar-refractivity contribution >= 4 is 41.0 Å². The first kappa shape index (κ1) is 29.3. The third kappa shape index (κ3) is 5.52. The van der Waals surface area contributed by atoms with Gasteiger partial charge >= 0.3 is 5.97 Å². The number of carbonyl (C=O) groups is 4. The van der Waals surface area contributed by atoms with Crippen LogP contribution in [0.1, 0.15) is 39.0 Å². The van der Waals surface area contributed by atoms with E-state index in [2.05, 4.69) is 5.32 Å². The number of amides is 3. The molecule has 2 fully saturated rings. The molecule has 6 atom stereocenters. The molecule has 4 aliphatic rings. The predicted octanol–water partition coefficient (Wildman–Crippen LogP) is 2.38. The average molecular weight is 586 g/mol. The maximum Gasteiger partial charge on any atom is 0.313 e. The number of benzene rings is 1. The van der Waals surface area contributed by atoms with Gasteiger partial charge in [0.2, 0.25) is 11.8 Å². The number of likely N-dealkylation sites (tertiary alicyclic amines) is 1. The lowest BCUT2D eigenvalue weighted by Gasteiger charge is -2.35. The van der Waals surface area contributed by atoms with Gasteiger partial charge in [-0.25, -0.2) is 0 Å². The zero-order valence-corrected chi connectivity index (χ0v) is 23.8. The van der Waals surface area contributed by atoms with Crippen molar-refractivity contribution in [3.8, 4) is 0 Å². The van der Waals surface area contributed by atoms with Crippen molar-refractivity contribution < 1.29 is 33.8 Å². The number of unbranched alkanes of at least 4 members (excludes halogenated alkanes) is 2. The fourth-order valence-corrected chi connectivity index (χ4v) is 6.60. The Morgan fingerprint density at radius 1 is 1.10 bits per heavy atom. The van der Waals surface area contributed by atoms with E-state index in [0.717, 1.165) is 0 Å². The summed E-state index contributed by atoms with van der Waals surface area (Å²) in [6, 6.07) is 6.00. The van der Waals surface area contributed by atoms with Crippen molar-refractivity contribution in [2.75, 3.05) is 31.1 Å². The van der Waals surface area contributed by atoms with Crippen molar-refractivity contribution in [1.29, 1.82) is 0 Å². The Kier molecular flexibility index (Phi) is 8.82. The molecule has 41 heavy (non-hydrogen) atoms. The Morgan fingerprint density at radius 3 is 2.68 bits per heavy atom. The zero-order chi connectivity index (χ0) is 29.1. The highest BCUT2D eigenvalue weighted by Crippen LogP contribution is 2.53. The van der Waals surface area contributed by atoms with E-state index < -0.39 is 41.7 Å². The molecule has 1 spiro atoms. The summed E-state index contributed by atoms with van der Waals surface area (Å²) in [4.78, 5) is 57.5. The number of esters is 1. The summed E-state index contributed by atoms with van der Waals surface area (Å²) < 4.78 is 12.4. The third-order valence-corrected chi connectivity index (χ3v) is 8.55. The number of hydrogen-bond acceptors (Lipinski definition) is 7. The smallest absolute Gasteiger partial charge is 0.313 e. The van der Waals surface area contributed by atoms with Gasteiger partial charge in [-0.15, -0.1) is 0 Å². The fourth-order valence-electron chi connectivity index (χ4n) is 6.36. The summed E-state index contributed by atoms with van der Waals surface area (Å²) in [7, 11) is 0. The lowest BCUT2D eigenvalue weighted by molar-refractivity contribution is -0.158. The van der Waals surface area contributed by atoms with Crippen LogP contribution in [0.25, 0.3) is 0 Å². The van der Waals surface area contributed by atoms with E-state index in [4.69, 9.17) is 21.1 Å². The molecule has 0 bridgehead atoms. The van der Waals surface area contributed by atoms with Crippen LogP contribution in [-0.2, 0) is 28.7 Å². The lowest BCUT2D eigenvalue weighted by atomic mass is 9.78. The molecule has 0 radical (unpaired) electrons. The van der Waals surface area contributed by atoms with Gasteiger partial charge in [-0.05, 0) is 44.7 Å². The number of para-hydroxylation sites is 1. The number of cyclic esters (lactones) is 1. The highest BCUT2D eigenvalue weighted by Gasteiger charge is 2.71. The second kappa shape index (κ2) is 12.3. The van der Waals surface area contributed by atoms with E-state index in [1.807, 2.05) is 0 Å². The quantitative estimate of drug-likeness (QED) is 0.298. The molecule has 1 aromatic carbocycles. The summed E-state index contributed by atoms with van der Waals surface area (Å²) in [6.07, 6.45) is 8.13. The van der Waals surface area contributed by atoms with Gasteiger partial charge in [-0.3, -0.25) is 19.2 Å². The second-order valence-electron chi connectivity index (χ2n) is 11.0. The van der Waals surface area contributed by atoms with E-state index in [9.17, 15) is 24.3 Å². The van der Waals surface area contributed by atoms with Crippen molar-refractivity contribution in [2.45, 2.75) is 62.9 Å². The minimum Gasteiger partial charge on any atom is -0.460 e. The summed E-state index contributed by atoms with van der Waals surface area (Å²) in [5, 5.41) is 12.4. The van der Waals surface area contributed by atoms with Gasteiger partial charge in [0.1, 0.15) is 23.7 Å². The number of hydrogen-bond donors (Lipinski definition) is 2. The molecule has 2 N–H and O–H groups in total. The van der Waals surface area contributed by atoms with Gasteiger partial charge in [0.05, 0.1) is 29.3 Å². The number of allylic oxidation sites excluding steroid dienone is 1. The van der Waals surface area contributed by atoms with Crippen LogP contribution in [0.5, 0.6) is 0 Å². The summed E-state index contributed by atoms with van der Waals surface area (Å²) >= 11 is 6.50. The minimum absolute atomic E-state index is 0.0373. The molecule has 1 aromatic rings. The van der Waals surface area contributed by atoms with Crippen molar-refractivity contribution in [2.24, 2.45) is 11.8 Å². The first-order chi connectivity index (χ1) is 19.8. The summed E-state index contributed by atoms with van der Waals surface area (Å²) in [5.74, 6) is -3.41. The third-order valence-electron chi connectivity index (χ3n) is 8.23. The predicted molar refractivity (Wildman–Crippen MR) is 151 cm³/mol. The van der Waals surface area contributed by atoms with Crippen LogP contribution in [-0.4, -0.2) is 83.8 Å². The zero-order valence-electron chi connectivity index (χ0n) is 23.0. The first-order valence-electron chi connectivity index (χ1n) is 14.2. The Morgan fingerprint density at radius 2 is 1.90 bits per heavy atom. The van der Waals surface area contributed by atoms with E-state index in [1.165, 1.54) is 4.90 Å². The standard InChI is InChI=1S/C30H36ClN3O7/c1-19-18-32-23(36)13-6-5-12-22-24(29(39)40-19)25-27(37)34(15-7-2-8-17-35)26-28(38)33(16-9-14-30(25,26)41-22)21-11-4-3-10-20(21)31/h3-5,9-12,14,19,22,24-26,35H,2,6-8,13,15-18H2,1H3,(H,32,36)/b12-5-/t19-,22-,24+,25+,26-,30+/m1/s1. The van der Waals surface area contributed by atoms with Crippen LogP contribution < -0.4 is 10.2 Å². The van der Waals surface area contributed by atoms with Crippen LogP contribution >= 0.6 is 11.6 Å².